The third-order valence-electron chi connectivity index (χ3n) is 5.91. The molecule has 3 saturated carbocycles. The van der Waals surface area contributed by atoms with Gasteiger partial charge >= 0.3 is 0 Å². The summed E-state index contributed by atoms with van der Waals surface area (Å²) in [6.45, 7) is 2.26. The molecule has 0 spiro atoms. The van der Waals surface area contributed by atoms with Crippen LogP contribution in [0.15, 0.2) is 18.2 Å². The highest BCUT2D eigenvalue weighted by atomic mass is 16.6. The van der Waals surface area contributed by atoms with E-state index in [9.17, 15) is 0 Å². The molecule has 3 nitrogen and oxygen atoms in total. The summed E-state index contributed by atoms with van der Waals surface area (Å²) in [6.07, 6.45) is 4.49. The van der Waals surface area contributed by atoms with E-state index in [1.165, 1.54) is 24.8 Å². The first kappa shape index (κ1) is 11.4. The van der Waals surface area contributed by atoms with Gasteiger partial charge in [0.2, 0.25) is 0 Å². The summed E-state index contributed by atoms with van der Waals surface area (Å²) in [6, 6.07) is 7.01. The van der Waals surface area contributed by atoms with Crippen LogP contribution >= 0.6 is 0 Å². The molecule has 5 rings (SSSR count). The van der Waals surface area contributed by atoms with Crippen molar-refractivity contribution in [3.8, 4) is 11.5 Å². The summed E-state index contributed by atoms with van der Waals surface area (Å²) in [5.74, 6) is 5.92. The number of nitrogens with one attached hydrogen (secondary N) is 1. The third-order valence-corrected chi connectivity index (χ3v) is 5.91. The molecule has 106 valence electrons. The molecule has 4 unspecified atom stereocenters. The maximum absolute atomic E-state index is 5.79. The molecule has 20 heavy (non-hydrogen) atoms. The van der Waals surface area contributed by atoms with Crippen molar-refractivity contribution in [2.45, 2.75) is 31.8 Å². The highest BCUT2D eigenvalue weighted by Gasteiger charge is 2.64. The topological polar surface area (TPSA) is 30.5 Å². The Morgan fingerprint density at radius 2 is 1.85 bits per heavy atom. The lowest BCUT2D eigenvalue weighted by Crippen LogP contribution is -2.24. The van der Waals surface area contributed by atoms with E-state index in [0.29, 0.717) is 13.2 Å². The molecule has 0 amide bonds. The summed E-state index contributed by atoms with van der Waals surface area (Å²) >= 11 is 0. The lowest BCUT2D eigenvalue weighted by Gasteiger charge is -2.21. The van der Waals surface area contributed by atoms with Crippen LogP contribution in [0.3, 0.4) is 0 Å². The van der Waals surface area contributed by atoms with Gasteiger partial charge in [0.25, 0.3) is 0 Å². The summed E-state index contributed by atoms with van der Waals surface area (Å²) < 4.78 is 11.4. The molecule has 4 atom stereocenters. The van der Waals surface area contributed by atoms with Crippen LogP contribution in [0.4, 0.5) is 0 Å². The highest BCUT2D eigenvalue weighted by molar-refractivity contribution is 5.47. The SMILES string of the molecule is c1cc(CNC2C3C4CCC(C4)C23)c2c(c1)OCCO2. The molecule has 3 aliphatic carbocycles. The Balaban J connectivity index is 1.29. The number of fused-ring (bicyclic) bond motifs is 6. The molecule has 2 bridgehead atoms. The fraction of sp³-hybridized carbons (Fsp3) is 0.647. The van der Waals surface area contributed by atoms with Gasteiger partial charge < -0.3 is 14.8 Å². The molecule has 0 radical (unpaired) electrons. The van der Waals surface area contributed by atoms with Crippen molar-refractivity contribution in [3.05, 3.63) is 23.8 Å². The number of hydrogen-bond acceptors (Lipinski definition) is 3. The van der Waals surface area contributed by atoms with Crippen molar-refractivity contribution in [2.75, 3.05) is 13.2 Å². The lowest BCUT2D eigenvalue weighted by atomic mass is 10.0. The predicted octanol–water partition coefficient (Wildman–Crippen LogP) is 2.59. The zero-order valence-corrected chi connectivity index (χ0v) is 11.7. The average Bonchev–Trinajstić information content (AvgIpc) is 2.88. The predicted molar refractivity (Wildman–Crippen MR) is 75.9 cm³/mol. The van der Waals surface area contributed by atoms with E-state index in [0.717, 1.165) is 47.8 Å². The van der Waals surface area contributed by atoms with E-state index >= 15 is 0 Å². The Hall–Kier alpha value is -1.22. The van der Waals surface area contributed by atoms with Gasteiger partial charge in [-0.25, -0.2) is 0 Å². The van der Waals surface area contributed by atoms with Gasteiger partial charge in [0.15, 0.2) is 11.5 Å². The highest BCUT2D eigenvalue weighted by Crippen LogP contribution is 2.65. The van der Waals surface area contributed by atoms with E-state index in [1.807, 2.05) is 6.07 Å². The van der Waals surface area contributed by atoms with Crippen molar-refractivity contribution in [1.29, 1.82) is 0 Å². The molecule has 4 aliphatic rings. The normalized spacial score (nSPS) is 39.7. The van der Waals surface area contributed by atoms with E-state index in [1.54, 1.807) is 0 Å². The minimum atomic E-state index is 0.667. The number of rotatable bonds is 3. The summed E-state index contributed by atoms with van der Waals surface area (Å²) in [4.78, 5) is 0. The second kappa shape index (κ2) is 4.14. The first-order valence-corrected chi connectivity index (χ1v) is 8.03. The lowest BCUT2D eigenvalue weighted by molar-refractivity contribution is 0.169. The van der Waals surface area contributed by atoms with Gasteiger partial charge in [-0.1, -0.05) is 12.1 Å². The van der Waals surface area contributed by atoms with Crippen LogP contribution in [0, 0.1) is 23.7 Å². The van der Waals surface area contributed by atoms with E-state index in [2.05, 4.69) is 17.4 Å². The average molecular weight is 271 g/mol. The van der Waals surface area contributed by atoms with Crippen LogP contribution in [-0.4, -0.2) is 19.3 Å². The third kappa shape index (κ3) is 1.56. The van der Waals surface area contributed by atoms with Crippen LogP contribution in [0.5, 0.6) is 11.5 Å². The molecule has 0 aromatic heterocycles. The fourth-order valence-electron chi connectivity index (χ4n) is 5.10. The van der Waals surface area contributed by atoms with Crippen LogP contribution in [-0.2, 0) is 6.54 Å². The Labute approximate surface area is 119 Å². The number of hydrogen-bond donors (Lipinski definition) is 1. The van der Waals surface area contributed by atoms with Gasteiger partial charge in [0.05, 0.1) is 0 Å². The molecule has 3 fully saturated rings. The zero-order valence-electron chi connectivity index (χ0n) is 11.7. The van der Waals surface area contributed by atoms with Crippen LogP contribution in [0.2, 0.25) is 0 Å². The Morgan fingerprint density at radius 1 is 1.05 bits per heavy atom. The summed E-state index contributed by atoms with van der Waals surface area (Å²) in [5, 5.41) is 3.79. The standard InChI is InChI=1S/C17H21NO2/c1-2-12(17-13(3-1)19-6-7-20-17)9-18-16-14-10-4-5-11(8-10)15(14)16/h1-3,10-11,14-16,18H,4-9H2. The molecule has 3 heteroatoms. The van der Waals surface area contributed by atoms with Crippen LogP contribution in [0.1, 0.15) is 24.8 Å². The van der Waals surface area contributed by atoms with Gasteiger partial charge in [-0.05, 0) is 49.0 Å². The molecule has 1 aromatic rings. The van der Waals surface area contributed by atoms with Crippen molar-refractivity contribution >= 4 is 0 Å². The van der Waals surface area contributed by atoms with Crippen molar-refractivity contribution in [1.82, 2.24) is 5.32 Å². The van der Waals surface area contributed by atoms with Gasteiger partial charge in [-0.3, -0.25) is 0 Å². The van der Waals surface area contributed by atoms with Gasteiger partial charge in [0, 0.05) is 18.2 Å². The zero-order chi connectivity index (χ0) is 13.1. The molecule has 1 aliphatic heterocycles. The molecule has 1 N–H and O–H groups in total. The molecule has 0 saturated heterocycles. The number of benzene rings is 1. The van der Waals surface area contributed by atoms with Crippen molar-refractivity contribution < 1.29 is 9.47 Å². The minimum absolute atomic E-state index is 0.667. The number of ether oxygens (including phenoxy) is 2. The fourth-order valence-corrected chi connectivity index (χ4v) is 5.10. The minimum Gasteiger partial charge on any atom is -0.486 e. The first-order valence-electron chi connectivity index (χ1n) is 8.03. The van der Waals surface area contributed by atoms with E-state index in [4.69, 9.17) is 9.47 Å². The van der Waals surface area contributed by atoms with Gasteiger partial charge in [-0.15, -0.1) is 0 Å². The molecular weight excluding hydrogens is 250 g/mol. The largest absolute Gasteiger partial charge is 0.486 e. The molecular formula is C17H21NO2. The quantitative estimate of drug-likeness (QED) is 0.916. The maximum atomic E-state index is 5.79. The Kier molecular flexibility index (Phi) is 2.37. The van der Waals surface area contributed by atoms with Gasteiger partial charge in [-0.2, -0.15) is 0 Å². The van der Waals surface area contributed by atoms with Crippen LogP contribution in [0.25, 0.3) is 0 Å². The van der Waals surface area contributed by atoms with Crippen molar-refractivity contribution in [2.24, 2.45) is 23.7 Å². The monoisotopic (exact) mass is 271 g/mol. The van der Waals surface area contributed by atoms with E-state index in [-0.39, 0.29) is 0 Å². The Bertz CT molecular complexity index is 528. The van der Waals surface area contributed by atoms with Gasteiger partial charge in [0.1, 0.15) is 13.2 Å². The number of para-hydroxylation sites is 1. The van der Waals surface area contributed by atoms with Crippen molar-refractivity contribution in [3.63, 3.8) is 0 Å². The molecule has 1 aromatic carbocycles. The van der Waals surface area contributed by atoms with Crippen LogP contribution < -0.4 is 14.8 Å². The summed E-state index contributed by atoms with van der Waals surface area (Å²) in [7, 11) is 0. The second-order valence-electron chi connectivity index (χ2n) is 6.84. The Morgan fingerprint density at radius 3 is 2.70 bits per heavy atom. The maximum Gasteiger partial charge on any atom is 0.165 e. The summed E-state index contributed by atoms with van der Waals surface area (Å²) in [5.41, 5.74) is 1.25. The molecule has 1 heterocycles. The van der Waals surface area contributed by atoms with E-state index < -0.39 is 0 Å². The second-order valence-corrected chi connectivity index (χ2v) is 6.84. The first-order chi connectivity index (χ1) is 9.92. The smallest absolute Gasteiger partial charge is 0.165 e.